The molecule has 0 spiro atoms. The summed E-state index contributed by atoms with van der Waals surface area (Å²) in [7, 11) is 1.71. The number of thiophene rings is 1. The minimum absolute atomic E-state index is 0.0365. The van der Waals surface area contributed by atoms with Gasteiger partial charge in [0, 0.05) is 40.5 Å². The largest absolute Gasteiger partial charge is 0.495 e. The molecule has 1 atom stereocenters. The third-order valence-electron chi connectivity index (χ3n) is 6.32. The van der Waals surface area contributed by atoms with Gasteiger partial charge in [0.1, 0.15) is 17.6 Å². The second kappa shape index (κ2) is 7.63. The van der Waals surface area contributed by atoms with Crippen LogP contribution in [0.3, 0.4) is 0 Å². The van der Waals surface area contributed by atoms with Crippen LogP contribution in [0.4, 0.5) is 5.82 Å². The maximum Gasteiger partial charge on any atom is 0.245 e. The minimum Gasteiger partial charge on any atom is -0.495 e. The van der Waals surface area contributed by atoms with Crippen molar-refractivity contribution in [2.75, 3.05) is 25.9 Å². The van der Waals surface area contributed by atoms with Crippen molar-refractivity contribution in [3.63, 3.8) is 0 Å². The Bertz CT molecular complexity index is 1390. The lowest BCUT2D eigenvalue weighted by atomic mass is 10.0. The number of amides is 1. The number of nitrogens with zero attached hydrogens (tertiary/aromatic N) is 4. The van der Waals surface area contributed by atoms with Crippen molar-refractivity contribution in [3.8, 4) is 16.2 Å². The lowest BCUT2D eigenvalue weighted by molar-refractivity contribution is -0.125. The van der Waals surface area contributed by atoms with E-state index >= 15 is 0 Å². The Morgan fingerprint density at radius 2 is 2.16 bits per heavy atom. The molecule has 164 valence electrons. The number of nitrogens with two attached hydrogens (primary N) is 1. The second-order valence-electron chi connectivity index (χ2n) is 8.26. The summed E-state index contributed by atoms with van der Waals surface area (Å²) >= 11 is 1.70. The predicted molar refractivity (Wildman–Crippen MR) is 128 cm³/mol. The third kappa shape index (κ3) is 3.05. The Morgan fingerprint density at radius 3 is 2.91 bits per heavy atom. The molecule has 0 aliphatic carbocycles. The fraction of sp³-hybridized carbons (Fsp3) is 0.292. The maximum atomic E-state index is 12.1. The average Bonchev–Trinajstić information content (AvgIpc) is 3.49. The number of aromatic nitrogens is 3. The number of anilines is 1. The molecule has 5 rings (SSSR count). The van der Waals surface area contributed by atoms with Gasteiger partial charge in [-0.2, -0.15) is 5.10 Å². The highest BCUT2D eigenvalue weighted by Gasteiger charge is 2.30. The molecule has 3 aromatic heterocycles. The lowest BCUT2D eigenvalue weighted by Crippen LogP contribution is -2.26. The third-order valence-corrected chi connectivity index (χ3v) is 7.67. The molecule has 4 heterocycles. The molecule has 8 heteroatoms. The normalized spacial score (nSPS) is 16.2. The van der Waals surface area contributed by atoms with Crippen molar-refractivity contribution in [1.82, 2.24) is 19.5 Å². The number of rotatable bonds is 4. The fourth-order valence-electron chi connectivity index (χ4n) is 4.72. The average molecular weight is 448 g/mol. The summed E-state index contributed by atoms with van der Waals surface area (Å²) in [5, 5.41) is 5.72. The number of ether oxygens (including phenoxy) is 1. The van der Waals surface area contributed by atoms with Gasteiger partial charge < -0.3 is 15.4 Å². The van der Waals surface area contributed by atoms with Crippen molar-refractivity contribution >= 4 is 38.7 Å². The van der Waals surface area contributed by atoms with E-state index in [9.17, 15) is 4.79 Å². The molecular weight excluding hydrogens is 422 g/mol. The zero-order valence-electron chi connectivity index (χ0n) is 18.4. The molecule has 0 bridgehead atoms. The molecule has 1 amide bonds. The van der Waals surface area contributed by atoms with E-state index in [4.69, 9.17) is 10.5 Å². The number of hydrogen-bond donors (Lipinski definition) is 1. The van der Waals surface area contributed by atoms with Crippen LogP contribution in [-0.4, -0.2) is 45.6 Å². The molecule has 1 fully saturated rings. The molecule has 1 saturated heterocycles. The highest BCUT2D eigenvalue weighted by atomic mass is 32.1. The maximum absolute atomic E-state index is 12.1. The number of aryl methyl sites for hydroxylation is 2. The minimum atomic E-state index is -0.0365. The Morgan fingerprint density at radius 1 is 1.34 bits per heavy atom. The molecular formula is C24H25N5O2S. The van der Waals surface area contributed by atoms with Gasteiger partial charge in [-0.1, -0.05) is 12.6 Å². The summed E-state index contributed by atoms with van der Waals surface area (Å²) in [6.07, 6.45) is 3.73. The van der Waals surface area contributed by atoms with Crippen molar-refractivity contribution in [3.05, 3.63) is 54.0 Å². The molecule has 1 aliphatic rings. The van der Waals surface area contributed by atoms with Gasteiger partial charge in [-0.3, -0.25) is 4.79 Å². The van der Waals surface area contributed by atoms with E-state index in [0.29, 0.717) is 18.9 Å². The van der Waals surface area contributed by atoms with Gasteiger partial charge in [-0.15, -0.1) is 11.3 Å². The smallest absolute Gasteiger partial charge is 0.245 e. The van der Waals surface area contributed by atoms with Crippen molar-refractivity contribution < 1.29 is 9.53 Å². The summed E-state index contributed by atoms with van der Waals surface area (Å²) in [5.41, 5.74) is 11.6. The lowest BCUT2D eigenvalue weighted by Gasteiger charge is -2.14. The first-order chi connectivity index (χ1) is 15.4. The number of fused-ring (bicyclic) bond motifs is 2. The van der Waals surface area contributed by atoms with E-state index in [1.807, 2.05) is 9.42 Å². The number of benzene rings is 1. The van der Waals surface area contributed by atoms with Gasteiger partial charge in [-0.05, 0) is 49.6 Å². The molecule has 32 heavy (non-hydrogen) atoms. The zero-order valence-corrected chi connectivity index (χ0v) is 19.2. The van der Waals surface area contributed by atoms with Crippen LogP contribution in [0.2, 0.25) is 0 Å². The van der Waals surface area contributed by atoms with Gasteiger partial charge in [-0.25, -0.2) is 9.50 Å². The molecule has 0 saturated carbocycles. The summed E-state index contributed by atoms with van der Waals surface area (Å²) in [4.78, 5) is 19.3. The molecule has 1 unspecified atom stereocenters. The van der Waals surface area contributed by atoms with Gasteiger partial charge >= 0.3 is 0 Å². The summed E-state index contributed by atoms with van der Waals surface area (Å²) in [6, 6.07) is 6.43. The van der Waals surface area contributed by atoms with Crippen LogP contribution in [-0.2, 0) is 4.79 Å². The summed E-state index contributed by atoms with van der Waals surface area (Å²) < 4.78 is 8.68. The van der Waals surface area contributed by atoms with Crippen LogP contribution in [0.15, 0.2) is 37.2 Å². The molecule has 4 aromatic rings. The van der Waals surface area contributed by atoms with E-state index < -0.39 is 0 Å². The Labute approximate surface area is 190 Å². The van der Waals surface area contributed by atoms with E-state index in [0.717, 1.165) is 44.1 Å². The zero-order chi connectivity index (χ0) is 22.6. The highest BCUT2D eigenvalue weighted by Crippen LogP contribution is 2.46. The number of likely N-dealkylation sites (tertiary alicyclic amines) is 1. The topological polar surface area (TPSA) is 85.8 Å². The van der Waals surface area contributed by atoms with Crippen LogP contribution in [0, 0.1) is 13.8 Å². The number of nitrogen functional groups attached to an aromatic ring is 1. The second-order valence-corrected chi connectivity index (χ2v) is 9.28. The standard InChI is InChI=1S/C24H25N5O2S/c1-5-20(30)28-7-6-15(11-28)18-10-17(21-24(25)26-12-27-29(18)21)22-14(3)16-8-13(2)9-19(31-4)23(16)32-22/h5,8-10,12,15H,1,6-7,11H2,2-4H3,(H2,25,26,27). The Kier molecular flexibility index (Phi) is 4.89. The van der Waals surface area contributed by atoms with Crippen LogP contribution in [0.1, 0.15) is 29.2 Å². The van der Waals surface area contributed by atoms with Gasteiger partial charge in [0.25, 0.3) is 0 Å². The van der Waals surface area contributed by atoms with Gasteiger partial charge in [0.05, 0.1) is 11.8 Å². The molecule has 0 radical (unpaired) electrons. The fourth-order valence-corrected chi connectivity index (χ4v) is 6.02. The first-order valence-electron chi connectivity index (χ1n) is 10.5. The van der Waals surface area contributed by atoms with Crippen molar-refractivity contribution in [1.29, 1.82) is 0 Å². The van der Waals surface area contributed by atoms with E-state index in [-0.39, 0.29) is 11.8 Å². The number of hydrogen-bond acceptors (Lipinski definition) is 6. The summed E-state index contributed by atoms with van der Waals surface area (Å²) in [6.45, 7) is 9.17. The van der Waals surface area contributed by atoms with E-state index in [2.05, 4.69) is 48.7 Å². The van der Waals surface area contributed by atoms with Crippen LogP contribution in [0.25, 0.3) is 26.0 Å². The molecule has 1 aliphatic heterocycles. The molecule has 1 aromatic carbocycles. The van der Waals surface area contributed by atoms with Crippen LogP contribution < -0.4 is 10.5 Å². The predicted octanol–water partition coefficient (Wildman–Crippen LogP) is 4.32. The van der Waals surface area contributed by atoms with E-state index in [1.54, 1.807) is 18.4 Å². The first kappa shape index (κ1) is 20.5. The molecule has 7 nitrogen and oxygen atoms in total. The quantitative estimate of drug-likeness (QED) is 0.471. The number of methoxy groups -OCH3 is 1. The SMILES string of the molecule is C=CC(=O)N1CCC(c2cc(-c3sc4c(OC)cc(C)cc4c3C)c3c(N)ncnn23)C1. The van der Waals surface area contributed by atoms with Crippen molar-refractivity contribution in [2.45, 2.75) is 26.2 Å². The highest BCUT2D eigenvalue weighted by molar-refractivity contribution is 7.23. The number of carbonyl (C=O) groups is 1. The van der Waals surface area contributed by atoms with Crippen LogP contribution >= 0.6 is 11.3 Å². The van der Waals surface area contributed by atoms with Crippen molar-refractivity contribution in [2.24, 2.45) is 0 Å². The van der Waals surface area contributed by atoms with E-state index in [1.165, 1.54) is 23.4 Å². The molecule has 2 N–H and O–H groups in total. The first-order valence-corrected chi connectivity index (χ1v) is 11.4. The number of carbonyl (C=O) groups excluding carboxylic acids is 1. The monoisotopic (exact) mass is 447 g/mol. The Balaban J connectivity index is 1.70. The summed E-state index contributed by atoms with van der Waals surface area (Å²) in [5.74, 6) is 1.45. The van der Waals surface area contributed by atoms with Gasteiger partial charge in [0.2, 0.25) is 5.91 Å². The Hall–Kier alpha value is -3.39. The van der Waals surface area contributed by atoms with Gasteiger partial charge in [0.15, 0.2) is 5.82 Å². The van der Waals surface area contributed by atoms with Crippen LogP contribution in [0.5, 0.6) is 5.75 Å².